The van der Waals surface area contributed by atoms with Gasteiger partial charge in [0.2, 0.25) is 5.91 Å². The Balaban J connectivity index is 1.33. The number of fused-ring (bicyclic) bond motifs is 6. The molecule has 5 nitrogen and oxygen atoms in total. The number of ether oxygens (including phenoxy) is 1. The largest absolute Gasteiger partial charge is 0.497 e. The molecule has 3 aliphatic rings. The third kappa shape index (κ3) is 3.62. The fourth-order valence-corrected chi connectivity index (χ4v) is 9.29. The zero-order valence-corrected chi connectivity index (χ0v) is 20.0. The number of amides is 1. The van der Waals surface area contributed by atoms with Gasteiger partial charge in [-0.2, -0.15) is 0 Å². The van der Waals surface area contributed by atoms with Gasteiger partial charge in [-0.25, -0.2) is 0 Å². The molecule has 3 aromatic rings. The lowest BCUT2D eigenvalue weighted by molar-refractivity contribution is -0.116. The SMILES string of the molecule is COc1ccc(NC(=O)Cn2c3c(sc2=O)[C@@H](c2ccccc2)[C@@H]2[C@H]4CC[C@@H](C4)[C@H]2S3)cc1. The number of anilines is 1. The summed E-state index contributed by atoms with van der Waals surface area (Å²) in [6.07, 6.45) is 3.91. The minimum absolute atomic E-state index is 0.0365. The molecule has 7 heteroatoms. The molecule has 2 bridgehead atoms. The number of hydrogen-bond acceptors (Lipinski definition) is 5. The number of nitrogens with zero attached hydrogens (tertiary/aromatic N) is 1. The van der Waals surface area contributed by atoms with E-state index in [0.717, 1.165) is 27.5 Å². The van der Waals surface area contributed by atoms with Crippen molar-refractivity contribution < 1.29 is 9.53 Å². The van der Waals surface area contributed by atoms with Crippen LogP contribution in [0.3, 0.4) is 0 Å². The Morgan fingerprint density at radius 2 is 1.85 bits per heavy atom. The molecule has 1 amide bonds. The zero-order valence-electron chi connectivity index (χ0n) is 18.4. The first-order chi connectivity index (χ1) is 16.1. The van der Waals surface area contributed by atoms with Crippen LogP contribution < -0.4 is 14.9 Å². The number of thiazole rings is 1. The van der Waals surface area contributed by atoms with E-state index in [2.05, 4.69) is 35.6 Å². The number of thioether (sulfide) groups is 1. The van der Waals surface area contributed by atoms with Gasteiger partial charge in [-0.1, -0.05) is 41.7 Å². The van der Waals surface area contributed by atoms with Crippen LogP contribution >= 0.6 is 23.1 Å². The van der Waals surface area contributed by atoms with Gasteiger partial charge >= 0.3 is 4.87 Å². The van der Waals surface area contributed by atoms with Crippen molar-refractivity contribution in [1.29, 1.82) is 0 Å². The molecule has 2 saturated carbocycles. The van der Waals surface area contributed by atoms with Gasteiger partial charge < -0.3 is 10.1 Å². The molecule has 2 aromatic carbocycles. The highest BCUT2D eigenvalue weighted by atomic mass is 32.2. The number of rotatable bonds is 5. The van der Waals surface area contributed by atoms with E-state index in [0.29, 0.717) is 16.9 Å². The van der Waals surface area contributed by atoms with Gasteiger partial charge in [-0.15, -0.1) is 11.8 Å². The standard InChI is InChI=1S/C26H26N2O3S2/c1-31-19-11-9-18(10-12-19)27-20(29)14-28-25-24(33-26(28)30)21(15-5-3-2-4-6-15)22-16-7-8-17(13-16)23(22)32-25/h2-6,9-12,16-17,21-23H,7-8,13-14H2,1H3,(H,27,29)/t16-,17-,21-,22-,23+/m0/s1. The van der Waals surface area contributed by atoms with Gasteiger partial charge in [-0.3, -0.25) is 14.2 Å². The van der Waals surface area contributed by atoms with E-state index < -0.39 is 0 Å². The average molecular weight is 479 g/mol. The van der Waals surface area contributed by atoms with Crippen LogP contribution in [-0.4, -0.2) is 22.8 Å². The second-order valence-corrected chi connectivity index (χ2v) is 11.4. The summed E-state index contributed by atoms with van der Waals surface area (Å²) < 4.78 is 6.89. The van der Waals surface area contributed by atoms with Crippen molar-refractivity contribution >= 4 is 34.7 Å². The molecule has 1 aromatic heterocycles. The Bertz CT molecular complexity index is 1230. The van der Waals surface area contributed by atoms with Gasteiger partial charge in [0, 0.05) is 21.7 Å². The number of nitrogens with one attached hydrogen (secondary N) is 1. The van der Waals surface area contributed by atoms with Crippen molar-refractivity contribution in [3.8, 4) is 5.75 Å². The second kappa shape index (κ2) is 8.37. The lowest BCUT2D eigenvalue weighted by atomic mass is 9.75. The monoisotopic (exact) mass is 478 g/mol. The Morgan fingerprint density at radius 1 is 1.09 bits per heavy atom. The highest BCUT2D eigenvalue weighted by Gasteiger charge is 2.55. The minimum Gasteiger partial charge on any atom is -0.497 e. The van der Waals surface area contributed by atoms with Gasteiger partial charge in [-0.05, 0) is 66.8 Å². The molecule has 5 atom stereocenters. The molecule has 0 saturated heterocycles. The number of carbonyl (C=O) groups excluding carboxylic acids is 1. The van der Waals surface area contributed by atoms with E-state index in [1.165, 1.54) is 36.2 Å². The van der Waals surface area contributed by atoms with Gasteiger partial charge in [0.25, 0.3) is 0 Å². The number of hydrogen-bond donors (Lipinski definition) is 1. The molecule has 2 heterocycles. The third-order valence-corrected chi connectivity index (χ3v) is 10.4. The maximum Gasteiger partial charge on any atom is 0.308 e. The molecule has 0 spiro atoms. The fraction of sp³-hybridized carbons (Fsp3) is 0.385. The minimum atomic E-state index is -0.185. The van der Waals surface area contributed by atoms with Crippen LogP contribution in [0.4, 0.5) is 5.69 Å². The molecule has 1 aliphatic heterocycles. The summed E-state index contributed by atoms with van der Waals surface area (Å²) in [5, 5.41) is 4.47. The summed E-state index contributed by atoms with van der Waals surface area (Å²) in [4.78, 5) is 27.1. The van der Waals surface area contributed by atoms with Crippen LogP contribution in [-0.2, 0) is 11.3 Å². The number of carbonyl (C=O) groups is 1. The maximum atomic E-state index is 13.1. The van der Waals surface area contributed by atoms with E-state index in [1.807, 2.05) is 36.0 Å². The quantitative estimate of drug-likeness (QED) is 0.547. The molecule has 1 N–H and O–H groups in total. The first-order valence-electron chi connectivity index (χ1n) is 11.5. The maximum absolute atomic E-state index is 13.1. The fourth-order valence-electron chi connectivity index (χ4n) is 6.14. The van der Waals surface area contributed by atoms with E-state index in [1.54, 1.807) is 11.7 Å². The zero-order chi connectivity index (χ0) is 22.5. The molecular formula is C26H26N2O3S2. The molecule has 170 valence electrons. The molecule has 0 radical (unpaired) electrons. The van der Waals surface area contributed by atoms with Crippen LogP contribution in [0, 0.1) is 17.8 Å². The van der Waals surface area contributed by atoms with E-state index in [-0.39, 0.29) is 23.2 Å². The predicted molar refractivity (Wildman–Crippen MR) is 132 cm³/mol. The van der Waals surface area contributed by atoms with Crippen molar-refractivity contribution in [2.75, 3.05) is 12.4 Å². The predicted octanol–water partition coefficient (Wildman–Crippen LogP) is 5.21. The molecule has 33 heavy (non-hydrogen) atoms. The van der Waals surface area contributed by atoms with Crippen molar-refractivity contribution in [2.45, 2.75) is 42.0 Å². The molecule has 0 unspecified atom stereocenters. The van der Waals surface area contributed by atoms with Crippen LogP contribution in [0.25, 0.3) is 0 Å². The highest BCUT2D eigenvalue weighted by molar-refractivity contribution is 8.00. The van der Waals surface area contributed by atoms with E-state index in [9.17, 15) is 9.59 Å². The van der Waals surface area contributed by atoms with Crippen molar-refractivity contribution in [1.82, 2.24) is 4.57 Å². The second-order valence-electron chi connectivity index (χ2n) is 9.28. The average Bonchev–Trinajstić information content (AvgIpc) is 3.53. The summed E-state index contributed by atoms with van der Waals surface area (Å²) in [5.41, 5.74) is 2.00. The lowest BCUT2D eigenvalue weighted by Crippen LogP contribution is -2.34. The summed E-state index contributed by atoms with van der Waals surface area (Å²) in [5.74, 6) is 2.86. The molecule has 2 fully saturated rings. The third-order valence-electron chi connectivity index (χ3n) is 7.52. The first kappa shape index (κ1) is 21.1. The van der Waals surface area contributed by atoms with Gasteiger partial charge in [0.05, 0.1) is 12.1 Å². The summed E-state index contributed by atoms with van der Waals surface area (Å²) in [7, 11) is 1.61. The number of aromatic nitrogens is 1. The van der Waals surface area contributed by atoms with E-state index in [4.69, 9.17) is 4.74 Å². The Kier molecular flexibility index (Phi) is 5.34. The van der Waals surface area contributed by atoms with Crippen molar-refractivity contribution in [3.63, 3.8) is 0 Å². The Hall–Kier alpha value is -2.51. The summed E-state index contributed by atoms with van der Waals surface area (Å²) >= 11 is 3.21. The number of methoxy groups -OCH3 is 1. The normalized spacial score (nSPS) is 27.1. The Morgan fingerprint density at radius 3 is 2.61 bits per heavy atom. The first-order valence-corrected chi connectivity index (χ1v) is 13.2. The smallest absolute Gasteiger partial charge is 0.308 e. The van der Waals surface area contributed by atoms with E-state index >= 15 is 0 Å². The van der Waals surface area contributed by atoms with Crippen LogP contribution in [0.5, 0.6) is 5.75 Å². The van der Waals surface area contributed by atoms with Crippen molar-refractivity contribution in [2.24, 2.45) is 17.8 Å². The summed E-state index contributed by atoms with van der Waals surface area (Å²) in [6.45, 7) is 0.0384. The van der Waals surface area contributed by atoms with Crippen LogP contribution in [0.15, 0.2) is 64.4 Å². The number of benzene rings is 2. The lowest BCUT2D eigenvalue weighted by Gasteiger charge is -2.40. The Labute approximate surface area is 201 Å². The molecule has 2 aliphatic carbocycles. The topological polar surface area (TPSA) is 60.3 Å². The van der Waals surface area contributed by atoms with Gasteiger partial charge in [0.15, 0.2) is 0 Å². The van der Waals surface area contributed by atoms with Crippen LogP contribution in [0.2, 0.25) is 0 Å². The molecular weight excluding hydrogens is 452 g/mol. The van der Waals surface area contributed by atoms with Gasteiger partial charge in [0.1, 0.15) is 12.3 Å². The molecule has 6 rings (SSSR count). The highest BCUT2D eigenvalue weighted by Crippen LogP contribution is 2.63. The van der Waals surface area contributed by atoms with Crippen molar-refractivity contribution in [3.05, 3.63) is 74.7 Å². The van der Waals surface area contributed by atoms with Crippen LogP contribution in [0.1, 0.15) is 35.6 Å². The summed E-state index contributed by atoms with van der Waals surface area (Å²) in [6, 6.07) is 17.9.